The van der Waals surface area contributed by atoms with Crippen molar-refractivity contribution in [1.82, 2.24) is 0 Å². The molecule has 0 radical (unpaired) electrons. The molecule has 2 nitrogen and oxygen atoms in total. The molecular formula is C13H14O2. The number of aliphatic hydroxyl groups is 1. The minimum absolute atomic E-state index is 0.0700. The van der Waals surface area contributed by atoms with E-state index in [0.717, 1.165) is 0 Å². The molecular weight excluding hydrogens is 188 g/mol. The van der Waals surface area contributed by atoms with E-state index in [4.69, 9.17) is 4.74 Å². The maximum absolute atomic E-state index is 9.60. The predicted octanol–water partition coefficient (Wildman–Crippen LogP) is 1.81. The number of methoxy groups -OCH3 is 1. The SMILES string of the molecule is COC1(CO)C2C=CC1c1ccccc12. The zero-order valence-corrected chi connectivity index (χ0v) is 8.68. The monoisotopic (exact) mass is 202 g/mol. The Morgan fingerprint density at radius 3 is 2.13 bits per heavy atom. The number of ether oxygens (including phenoxy) is 1. The lowest BCUT2D eigenvalue weighted by Gasteiger charge is -2.31. The molecule has 2 unspecified atom stereocenters. The Bertz CT molecular complexity index is 383. The minimum atomic E-state index is -0.441. The summed E-state index contributed by atoms with van der Waals surface area (Å²) in [6, 6.07) is 8.36. The molecule has 0 aromatic heterocycles. The second-order valence-electron chi connectivity index (χ2n) is 4.29. The molecule has 15 heavy (non-hydrogen) atoms. The van der Waals surface area contributed by atoms with Gasteiger partial charge in [-0.15, -0.1) is 0 Å². The van der Waals surface area contributed by atoms with Crippen LogP contribution in [0.1, 0.15) is 23.0 Å². The van der Waals surface area contributed by atoms with E-state index >= 15 is 0 Å². The zero-order valence-electron chi connectivity index (χ0n) is 8.68. The topological polar surface area (TPSA) is 29.5 Å². The van der Waals surface area contributed by atoms with Crippen molar-refractivity contribution in [2.75, 3.05) is 13.7 Å². The highest BCUT2D eigenvalue weighted by Crippen LogP contribution is 2.56. The first-order valence-electron chi connectivity index (χ1n) is 5.26. The molecule has 1 aromatic carbocycles. The number of fused-ring (bicyclic) bond motifs is 5. The van der Waals surface area contributed by atoms with Crippen LogP contribution in [-0.2, 0) is 4.74 Å². The van der Waals surface area contributed by atoms with Gasteiger partial charge in [-0.3, -0.25) is 0 Å². The second-order valence-corrected chi connectivity index (χ2v) is 4.29. The third kappa shape index (κ3) is 0.912. The molecule has 0 amide bonds. The zero-order chi connectivity index (χ0) is 10.5. The highest BCUT2D eigenvalue weighted by atomic mass is 16.5. The Morgan fingerprint density at radius 1 is 1.20 bits per heavy atom. The third-order valence-electron chi connectivity index (χ3n) is 3.84. The van der Waals surface area contributed by atoms with E-state index in [-0.39, 0.29) is 18.4 Å². The van der Waals surface area contributed by atoms with Gasteiger partial charge in [-0.2, -0.15) is 0 Å². The van der Waals surface area contributed by atoms with Crippen LogP contribution in [0, 0.1) is 0 Å². The first-order valence-corrected chi connectivity index (χ1v) is 5.26. The Hall–Kier alpha value is -1.12. The Labute approximate surface area is 89.2 Å². The summed E-state index contributed by atoms with van der Waals surface area (Å²) in [4.78, 5) is 0. The fourth-order valence-electron chi connectivity index (χ4n) is 3.07. The van der Waals surface area contributed by atoms with Gasteiger partial charge in [0.1, 0.15) is 5.60 Å². The van der Waals surface area contributed by atoms with E-state index in [1.54, 1.807) is 7.11 Å². The number of benzene rings is 1. The van der Waals surface area contributed by atoms with E-state index in [2.05, 4.69) is 24.3 Å². The van der Waals surface area contributed by atoms with Crippen molar-refractivity contribution in [3.8, 4) is 0 Å². The van der Waals surface area contributed by atoms with Crippen LogP contribution in [0.25, 0.3) is 0 Å². The van der Waals surface area contributed by atoms with Crippen molar-refractivity contribution in [3.63, 3.8) is 0 Å². The molecule has 0 fully saturated rings. The Kier molecular flexibility index (Phi) is 1.79. The van der Waals surface area contributed by atoms with Crippen LogP contribution < -0.4 is 0 Å². The standard InChI is InChI=1S/C13H14O2/c1-15-13(8-14)11-6-7-12(13)10-5-3-2-4-9(10)11/h2-7,11-12,14H,8H2,1H3. The summed E-state index contributed by atoms with van der Waals surface area (Å²) < 4.78 is 5.60. The van der Waals surface area contributed by atoms with Crippen LogP contribution in [0.2, 0.25) is 0 Å². The smallest absolute Gasteiger partial charge is 0.111 e. The molecule has 0 heterocycles. The van der Waals surface area contributed by atoms with Crippen LogP contribution in [0.15, 0.2) is 36.4 Å². The highest BCUT2D eigenvalue weighted by Gasteiger charge is 2.54. The van der Waals surface area contributed by atoms with Gasteiger partial charge in [-0.05, 0) is 11.1 Å². The molecule has 2 atom stereocenters. The molecule has 2 aliphatic carbocycles. The van der Waals surface area contributed by atoms with Gasteiger partial charge >= 0.3 is 0 Å². The van der Waals surface area contributed by atoms with Gasteiger partial charge in [0.25, 0.3) is 0 Å². The van der Waals surface area contributed by atoms with Gasteiger partial charge in [0.15, 0.2) is 0 Å². The van der Waals surface area contributed by atoms with E-state index in [1.807, 2.05) is 12.1 Å². The van der Waals surface area contributed by atoms with Crippen LogP contribution in [-0.4, -0.2) is 24.4 Å². The summed E-state index contributed by atoms with van der Waals surface area (Å²) >= 11 is 0. The number of hydrogen-bond donors (Lipinski definition) is 1. The largest absolute Gasteiger partial charge is 0.393 e. The molecule has 2 aliphatic rings. The Balaban J connectivity index is 2.17. The quantitative estimate of drug-likeness (QED) is 0.741. The van der Waals surface area contributed by atoms with E-state index in [1.165, 1.54) is 11.1 Å². The summed E-state index contributed by atoms with van der Waals surface area (Å²) in [6.45, 7) is 0.0700. The van der Waals surface area contributed by atoms with Gasteiger partial charge in [0, 0.05) is 18.9 Å². The van der Waals surface area contributed by atoms with Gasteiger partial charge in [0.2, 0.25) is 0 Å². The summed E-state index contributed by atoms with van der Waals surface area (Å²) in [7, 11) is 1.69. The molecule has 3 rings (SSSR count). The lowest BCUT2D eigenvalue weighted by Crippen LogP contribution is -2.39. The average molecular weight is 202 g/mol. The molecule has 2 bridgehead atoms. The minimum Gasteiger partial charge on any atom is -0.393 e. The highest BCUT2D eigenvalue weighted by molar-refractivity contribution is 5.53. The predicted molar refractivity (Wildman–Crippen MR) is 57.9 cm³/mol. The summed E-state index contributed by atoms with van der Waals surface area (Å²) in [5.41, 5.74) is 2.17. The normalized spacial score (nSPS) is 35.9. The number of aliphatic hydroxyl groups excluding tert-OH is 1. The maximum Gasteiger partial charge on any atom is 0.111 e. The summed E-state index contributed by atoms with van der Waals surface area (Å²) in [5.74, 6) is 0.433. The maximum atomic E-state index is 9.60. The van der Waals surface area contributed by atoms with Gasteiger partial charge in [0.05, 0.1) is 6.61 Å². The van der Waals surface area contributed by atoms with Gasteiger partial charge < -0.3 is 9.84 Å². The van der Waals surface area contributed by atoms with Crippen LogP contribution in [0.3, 0.4) is 0 Å². The van der Waals surface area contributed by atoms with E-state index in [0.29, 0.717) is 0 Å². The molecule has 1 N–H and O–H groups in total. The molecule has 78 valence electrons. The van der Waals surface area contributed by atoms with Crippen molar-refractivity contribution in [3.05, 3.63) is 47.5 Å². The molecule has 0 aliphatic heterocycles. The summed E-state index contributed by atoms with van der Waals surface area (Å²) in [5, 5.41) is 9.60. The fourth-order valence-corrected chi connectivity index (χ4v) is 3.07. The lowest BCUT2D eigenvalue weighted by atomic mass is 9.89. The van der Waals surface area contributed by atoms with Crippen molar-refractivity contribution in [2.24, 2.45) is 0 Å². The summed E-state index contributed by atoms with van der Waals surface area (Å²) in [6.07, 6.45) is 4.32. The fraction of sp³-hybridized carbons (Fsp3) is 0.385. The molecule has 0 saturated carbocycles. The molecule has 1 aromatic rings. The van der Waals surface area contributed by atoms with Crippen LogP contribution in [0.5, 0.6) is 0 Å². The first-order chi connectivity index (χ1) is 7.33. The van der Waals surface area contributed by atoms with Crippen LogP contribution >= 0.6 is 0 Å². The van der Waals surface area contributed by atoms with Crippen molar-refractivity contribution < 1.29 is 9.84 Å². The second kappa shape index (κ2) is 2.94. The van der Waals surface area contributed by atoms with E-state index < -0.39 is 5.60 Å². The Morgan fingerprint density at radius 2 is 1.73 bits per heavy atom. The third-order valence-corrected chi connectivity index (χ3v) is 3.84. The van der Waals surface area contributed by atoms with Crippen LogP contribution in [0.4, 0.5) is 0 Å². The van der Waals surface area contributed by atoms with Crippen molar-refractivity contribution >= 4 is 0 Å². The first kappa shape index (κ1) is 9.13. The molecule has 2 heteroatoms. The lowest BCUT2D eigenvalue weighted by molar-refractivity contribution is -0.0572. The molecule has 0 saturated heterocycles. The number of hydrogen-bond acceptors (Lipinski definition) is 2. The van der Waals surface area contributed by atoms with Crippen molar-refractivity contribution in [1.29, 1.82) is 0 Å². The van der Waals surface area contributed by atoms with Gasteiger partial charge in [-0.25, -0.2) is 0 Å². The average Bonchev–Trinajstić information content (AvgIpc) is 2.80. The van der Waals surface area contributed by atoms with E-state index in [9.17, 15) is 5.11 Å². The van der Waals surface area contributed by atoms with Gasteiger partial charge in [-0.1, -0.05) is 36.4 Å². The number of rotatable bonds is 2. The molecule has 0 spiro atoms. The van der Waals surface area contributed by atoms with Crippen molar-refractivity contribution in [2.45, 2.75) is 17.4 Å².